The first-order chi connectivity index (χ1) is 12.1. The lowest BCUT2D eigenvalue weighted by molar-refractivity contribution is 0.119. The van der Waals surface area contributed by atoms with Gasteiger partial charge >= 0.3 is 0 Å². The third-order valence-electron chi connectivity index (χ3n) is 4.94. The smallest absolute Gasteiger partial charge is 0.141 e. The van der Waals surface area contributed by atoms with Crippen LogP contribution in [0.15, 0.2) is 24.5 Å². The van der Waals surface area contributed by atoms with Crippen molar-refractivity contribution in [2.75, 3.05) is 26.2 Å². The van der Waals surface area contributed by atoms with Gasteiger partial charge in [-0.3, -0.25) is 19.8 Å². The molecule has 0 radical (unpaired) electrons. The number of aryl methyl sites for hydroxylation is 2. The Labute approximate surface area is 148 Å². The second kappa shape index (κ2) is 7.91. The van der Waals surface area contributed by atoms with Gasteiger partial charge in [0.05, 0.1) is 18.0 Å². The number of pyridine rings is 2. The molecule has 0 saturated carbocycles. The molecule has 0 bridgehead atoms. The summed E-state index contributed by atoms with van der Waals surface area (Å²) in [5, 5.41) is 19.8. The van der Waals surface area contributed by atoms with Gasteiger partial charge in [-0.1, -0.05) is 6.07 Å². The summed E-state index contributed by atoms with van der Waals surface area (Å²) < 4.78 is 0. The van der Waals surface area contributed by atoms with Crippen molar-refractivity contribution in [1.82, 2.24) is 19.8 Å². The van der Waals surface area contributed by atoms with Crippen molar-refractivity contribution in [3.05, 3.63) is 52.6 Å². The maximum Gasteiger partial charge on any atom is 0.141 e. The molecule has 1 fully saturated rings. The van der Waals surface area contributed by atoms with Gasteiger partial charge in [0.2, 0.25) is 0 Å². The van der Waals surface area contributed by atoms with Gasteiger partial charge in [0.15, 0.2) is 0 Å². The second-order valence-corrected chi connectivity index (χ2v) is 6.67. The number of hydrogen-bond acceptors (Lipinski definition) is 6. The summed E-state index contributed by atoms with van der Waals surface area (Å²) >= 11 is 0. The molecule has 0 amide bonds. The largest absolute Gasteiger partial charge is 0.506 e. The van der Waals surface area contributed by atoms with Crippen molar-refractivity contribution in [1.29, 1.82) is 0 Å². The van der Waals surface area contributed by atoms with Crippen LogP contribution >= 0.6 is 0 Å². The van der Waals surface area contributed by atoms with E-state index < -0.39 is 0 Å². The van der Waals surface area contributed by atoms with Crippen LogP contribution in [0.25, 0.3) is 0 Å². The fraction of sp³-hybridized carbons (Fsp3) is 0.474. The molecule has 0 aliphatic carbocycles. The third-order valence-corrected chi connectivity index (χ3v) is 4.94. The Hall–Kier alpha value is -2.02. The Morgan fingerprint density at radius 3 is 2.36 bits per heavy atom. The van der Waals surface area contributed by atoms with Crippen molar-refractivity contribution in [3.8, 4) is 5.75 Å². The molecule has 134 valence electrons. The summed E-state index contributed by atoms with van der Waals surface area (Å²) in [5.41, 5.74) is 4.48. The lowest BCUT2D eigenvalue weighted by Gasteiger charge is -2.35. The number of aliphatic hydroxyl groups excluding tert-OH is 1. The molecule has 0 aromatic carbocycles. The molecule has 0 unspecified atom stereocenters. The van der Waals surface area contributed by atoms with Crippen molar-refractivity contribution in [2.45, 2.75) is 33.5 Å². The number of nitrogens with zero attached hydrogens (tertiary/aromatic N) is 4. The first kappa shape index (κ1) is 17.8. The average Bonchev–Trinajstić information content (AvgIpc) is 2.63. The van der Waals surface area contributed by atoms with Crippen LogP contribution in [0.1, 0.15) is 28.1 Å². The highest BCUT2D eigenvalue weighted by atomic mass is 16.3. The van der Waals surface area contributed by atoms with Gasteiger partial charge < -0.3 is 10.2 Å². The van der Waals surface area contributed by atoms with E-state index in [2.05, 4.69) is 32.8 Å². The van der Waals surface area contributed by atoms with Crippen molar-refractivity contribution in [2.24, 2.45) is 0 Å². The molecule has 1 aliphatic rings. The zero-order chi connectivity index (χ0) is 17.8. The molecule has 6 heteroatoms. The summed E-state index contributed by atoms with van der Waals surface area (Å²) in [4.78, 5) is 13.3. The molecule has 2 aromatic rings. The van der Waals surface area contributed by atoms with Gasteiger partial charge in [-0.25, -0.2) is 0 Å². The normalized spacial score (nSPS) is 16.3. The Morgan fingerprint density at radius 1 is 1.04 bits per heavy atom. The second-order valence-electron chi connectivity index (χ2n) is 6.67. The number of piperazine rings is 1. The van der Waals surface area contributed by atoms with Crippen LogP contribution in [0.2, 0.25) is 0 Å². The summed E-state index contributed by atoms with van der Waals surface area (Å²) in [6.07, 6.45) is 3.51. The van der Waals surface area contributed by atoms with E-state index in [1.54, 1.807) is 13.1 Å². The van der Waals surface area contributed by atoms with E-state index >= 15 is 0 Å². The Kier molecular flexibility index (Phi) is 5.63. The number of rotatable bonds is 5. The third kappa shape index (κ3) is 4.15. The van der Waals surface area contributed by atoms with Crippen LogP contribution in [0.5, 0.6) is 5.75 Å². The summed E-state index contributed by atoms with van der Waals surface area (Å²) in [6.45, 7) is 9.09. The zero-order valence-electron chi connectivity index (χ0n) is 14.9. The molecule has 3 rings (SSSR count). The zero-order valence-corrected chi connectivity index (χ0v) is 14.9. The van der Waals surface area contributed by atoms with E-state index in [9.17, 15) is 10.2 Å². The van der Waals surface area contributed by atoms with Gasteiger partial charge in [-0.2, -0.15) is 0 Å². The van der Waals surface area contributed by atoms with Gasteiger partial charge in [0, 0.05) is 62.8 Å². The molecular formula is C19H26N4O2. The fourth-order valence-electron chi connectivity index (χ4n) is 3.22. The average molecular weight is 342 g/mol. The predicted molar refractivity (Wildman–Crippen MR) is 96.1 cm³/mol. The van der Waals surface area contributed by atoms with Gasteiger partial charge in [-0.15, -0.1) is 0 Å². The van der Waals surface area contributed by atoms with E-state index in [0.29, 0.717) is 17.8 Å². The number of aromatic nitrogens is 2. The highest BCUT2D eigenvalue weighted by molar-refractivity contribution is 5.40. The van der Waals surface area contributed by atoms with Crippen molar-refractivity contribution in [3.63, 3.8) is 0 Å². The van der Waals surface area contributed by atoms with Crippen LogP contribution in [0.3, 0.4) is 0 Å². The first-order valence-electron chi connectivity index (χ1n) is 8.71. The van der Waals surface area contributed by atoms with E-state index in [1.165, 1.54) is 5.56 Å². The minimum Gasteiger partial charge on any atom is -0.506 e. The fourth-order valence-corrected chi connectivity index (χ4v) is 3.22. The minimum absolute atomic E-state index is 0.102. The molecule has 3 heterocycles. The van der Waals surface area contributed by atoms with Crippen LogP contribution in [-0.2, 0) is 19.7 Å². The van der Waals surface area contributed by atoms with E-state index in [1.807, 2.05) is 12.3 Å². The SMILES string of the molecule is Cc1cccnc1CN1CCN(Cc2c(CO)cnc(C)c2O)CC1. The molecule has 6 nitrogen and oxygen atoms in total. The Balaban J connectivity index is 1.60. The van der Waals surface area contributed by atoms with Gasteiger partial charge in [-0.05, 0) is 25.5 Å². The van der Waals surface area contributed by atoms with Crippen LogP contribution in [0.4, 0.5) is 0 Å². The first-order valence-corrected chi connectivity index (χ1v) is 8.71. The lowest BCUT2D eigenvalue weighted by Crippen LogP contribution is -2.45. The van der Waals surface area contributed by atoms with Crippen molar-refractivity contribution < 1.29 is 10.2 Å². The number of hydrogen-bond donors (Lipinski definition) is 2. The molecule has 1 saturated heterocycles. The Morgan fingerprint density at radius 2 is 1.72 bits per heavy atom. The van der Waals surface area contributed by atoms with Crippen molar-refractivity contribution >= 4 is 0 Å². The van der Waals surface area contributed by atoms with E-state index in [0.717, 1.165) is 44.0 Å². The van der Waals surface area contributed by atoms with Crippen LogP contribution < -0.4 is 0 Å². The molecule has 2 aromatic heterocycles. The minimum atomic E-state index is -0.102. The Bertz CT molecular complexity index is 727. The molecule has 1 aliphatic heterocycles. The predicted octanol–water partition coefficient (Wildman–Crippen LogP) is 1.61. The highest BCUT2D eigenvalue weighted by Crippen LogP contribution is 2.26. The standard InChI is InChI=1S/C19H26N4O2/c1-14-4-3-5-20-18(14)12-23-8-6-22(7-9-23)11-17-16(13-24)10-21-15(2)19(17)25/h3-5,10,24-25H,6-9,11-13H2,1-2H3. The van der Waals surface area contributed by atoms with Gasteiger partial charge in [0.25, 0.3) is 0 Å². The van der Waals surface area contributed by atoms with Gasteiger partial charge in [0.1, 0.15) is 5.75 Å². The maximum atomic E-state index is 10.3. The lowest BCUT2D eigenvalue weighted by atomic mass is 10.1. The summed E-state index contributed by atoms with van der Waals surface area (Å²) in [5.74, 6) is 0.207. The topological polar surface area (TPSA) is 72.7 Å². The summed E-state index contributed by atoms with van der Waals surface area (Å²) in [7, 11) is 0. The molecule has 0 spiro atoms. The number of aliphatic hydroxyl groups is 1. The molecule has 0 atom stereocenters. The number of aromatic hydroxyl groups is 1. The van der Waals surface area contributed by atoms with E-state index in [4.69, 9.17) is 0 Å². The molecule has 2 N–H and O–H groups in total. The quantitative estimate of drug-likeness (QED) is 0.860. The maximum absolute atomic E-state index is 10.3. The van der Waals surface area contributed by atoms with Crippen LogP contribution in [-0.4, -0.2) is 56.2 Å². The monoisotopic (exact) mass is 342 g/mol. The molecule has 25 heavy (non-hydrogen) atoms. The summed E-state index contributed by atoms with van der Waals surface area (Å²) in [6, 6.07) is 4.07. The van der Waals surface area contributed by atoms with Crippen LogP contribution in [0, 0.1) is 13.8 Å². The van der Waals surface area contributed by atoms with E-state index in [-0.39, 0.29) is 12.4 Å². The highest BCUT2D eigenvalue weighted by Gasteiger charge is 2.21. The molecular weight excluding hydrogens is 316 g/mol.